The number of aromatic nitrogens is 4. The molecule has 0 aliphatic carbocycles. The minimum Gasteiger partial charge on any atom is -0.341 e. The molecule has 0 spiro atoms. The Morgan fingerprint density at radius 3 is 2.46 bits per heavy atom. The molecule has 7 heteroatoms. The molecule has 0 bridgehead atoms. The molecular weight excluding hydrogens is 344 g/mol. The van der Waals surface area contributed by atoms with Crippen LogP contribution in [-0.2, 0) is 13.1 Å². The maximum absolute atomic E-state index is 4.70. The van der Waals surface area contributed by atoms with E-state index in [0.717, 1.165) is 71.5 Å². The zero-order valence-electron chi connectivity index (χ0n) is 14.4. The number of nitrogens with zero attached hydrogens (tertiary/aromatic N) is 5. The topological polar surface area (TPSA) is 60.9 Å². The number of imidazole rings is 1. The lowest BCUT2D eigenvalue weighted by atomic mass is 10.3. The molecule has 0 saturated carbocycles. The fourth-order valence-electron chi connectivity index (χ4n) is 3.47. The molecule has 3 aromatic heterocycles. The van der Waals surface area contributed by atoms with E-state index in [1.54, 1.807) is 11.3 Å². The van der Waals surface area contributed by atoms with E-state index >= 15 is 0 Å². The third-order valence-corrected chi connectivity index (χ3v) is 5.81. The molecule has 1 aromatic carbocycles. The number of hydrogen-bond donors (Lipinski definition) is 1. The minimum atomic E-state index is 0.883. The van der Waals surface area contributed by atoms with Gasteiger partial charge in [0.1, 0.15) is 21.2 Å². The molecule has 5 rings (SSSR count). The van der Waals surface area contributed by atoms with Gasteiger partial charge in [-0.05, 0) is 24.3 Å². The number of hydrogen-bond acceptors (Lipinski definition) is 6. The Kier molecular flexibility index (Phi) is 4.12. The standard InChI is InChI=1S/C19H20N6S/c1-2-5-15-14(4-1)21-17(22-15)12-24-8-10-25(11-9-24)13-18-23-16-6-3-7-20-19(16)26-18/h1-7H,8-13H2,(H,21,22). The average molecular weight is 364 g/mol. The number of benzene rings is 1. The third-order valence-electron chi connectivity index (χ3n) is 4.85. The van der Waals surface area contributed by atoms with Crippen LogP contribution in [0.2, 0.25) is 0 Å². The number of rotatable bonds is 4. The van der Waals surface area contributed by atoms with Crippen LogP contribution in [0.5, 0.6) is 0 Å². The minimum absolute atomic E-state index is 0.883. The third kappa shape index (κ3) is 3.21. The SMILES string of the molecule is c1ccc2[nH]c(CN3CCN(Cc4nc5cccnc5s4)CC3)nc2c1. The highest BCUT2D eigenvalue weighted by Crippen LogP contribution is 2.21. The summed E-state index contributed by atoms with van der Waals surface area (Å²) in [5.41, 5.74) is 3.17. The van der Waals surface area contributed by atoms with Gasteiger partial charge in [-0.25, -0.2) is 15.0 Å². The summed E-state index contributed by atoms with van der Waals surface area (Å²) in [6.07, 6.45) is 1.83. The Balaban J connectivity index is 1.19. The predicted molar refractivity (Wildman–Crippen MR) is 104 cm³/mol. The highest BCUT2D eigenvalue weighted by molar-refractivity contribution is 7.18. The molecule has 26 heavy (non-hydrogen) atoms. The van der Waals surface area contributed by atoms with E-state index in [2.05, 4.69) is 31.9 Å². The lowest BCUT2D eigenvalue weighted by molar-refractivity contribution is 0.120. The molecule has 4 aromatic rings. The Morgan fingerprint density at radius 1 is 0.885 bits per heavy atom. The maximum Gasteiger partial charge on any atom is 0.143 e. The average Bonchev–Trinajstić information content (AvgIpc) is 3.25. The number of piperazine rings is 1. The van der Waals surface area contributed by atoms with Crippen LogP contribution in [0.1, 0.15) is 10.8 Å². The van der Waals surface area contributed by atoms with Gasteiger partial charge in [-0.2, -0.15) is 0 Å². The van der Waals surface area contributed by atoms with Gasteiger partial charge in [-0.15, -0.1) is 0 Å². The van der Waals surface area contributed by atoms with Crippen molar-refractivity contribution < 1.29 is 0 Å². The van der Waals surface area contributed by atoms with Crippen LogP contribution in [0.3, 0.4) is 0 Å². The number of aromatic amines is 1. The number of nitrogens with one attached hydrogen (secondary N) is 1. The summed E-state index contributed by atoms with van der Waals surface area (Å²) in [5.74, 6) is 1.05. The summed E-state index contributed by atoms with van der Waals surface area (Å²) in [5, 5.41) is 1.16. The molecular formula is C19H20N6S. The summed E-state index contributed by atoms with van der Waals surface area (Å²) in [6.45, 7) is 6.03. The van der Waals surface area contributed by atoms with Crippen LogP contribution >= 0.6 is 11.3 Å². The number of pyridine rings is 1. The van der Waals surface area contributed by atoms with E-state index in [9.17, 15) is 0 Å². The van der Waals surface area contributed by atoms with E-state index in [4.69, 9.17) is 9.97 Å². The molecule has 132 valence electrons. The van der Waals surface area contributed by atoms with Crippen LogP contribution in [-0.4, -0.2) is 55.9 Å². The molecule has 0 atom stereocenters. The highest BCUT2D eigenvalue weighted by atomic mass is 32.1. The predicted octanol–water partition coefficient (Wildman–Crippen LogP) is 2.89. The van der Waals surface area contributed by atoms with E-state index in [1.807, 2.05) is 30.5 Å². The van der Waals surface area contributed by atoms with Crippen molar-refractivity contribution in [3.63, 3.8) is 0 Å². The van der Waals surface area contributed by atoms with Crippen LogP contribution in [0.15, 0.2) is 42.6 Å². The van der Waals surface area contributed by atoms with Gasteiger partial charge in [0.15, 0.2) is 0 Å². The van der Waals surface area contributed by atoms with Crippen LogP contribution in [0.4, 0.5) is 0 Å². The monoisotopic (exact) mass is 364 g/mol. The molecule has 1 fully saturated rings. The van der Waals surface area contributed by atoms with E-state index < -0.39 is 0 Å². The van der Waals surface area contributed by atoms with Gasteiger partial charge in [0.25, 0.3) is 0 Å². The van der Waals surface area contributed by atoms with Crippen molar-refractivity contribution in [2.45, 2.75) is 13.1 Å². The Labute approximate surface area is 155 Å². The number of para-hydroxylation sites is 2. The van der Waals surface area contributed by atoms with E-state index in [0.29, 0.717) is 0 Å². The fraction of sp³-hybridized carbons (Fsp3) is 0.316. The molecule has 1 aliphatic heterocycles. The second-order valence-corrected chi connectivity index (χ2v) is 7.75. The molecule has 4 heterocycles. The largest absolute Gasteiger partial charge is 0.341 e. The fourth-order valence-corrected chi connectivity index (χ4v) is 4.42. The van der Waals surface area contributed by atoms with Crippen molar-refractivity contribution >= 4 is 32.7 Å². The second kappa shape index (κ2) is 6.75. The molecule has 0 unspecified atom stereocenters. The smallest absolute Gasteiger partial charge is 0.143 e. The molecule has 1 N–H and O–H groups in total. The molecule has 1 saturated heterocycles. The summed E-state index contributed by atoms with van der Waals surface area (Å²) in [6, 6.07) is 12.2. The molecule has 0 amide bonds. The van der Waals surface area contributed by atoms with Crippen molar-refractivity contribution in [1.29, 1.82) is 0 Å². The van der Waals surface area contributed by atoms with Crippen molar-refractivity contribution in [2.75, 3.05) is 26.2 Å². The number of fused-ring (bicyclic) bond motifs is 2. The van der Waals surface area contributed by atoms with E-state index in [1.165, 1.54) is 0 Å². The lowest BCUT2D eigenvalue weighted by Crippen LogP contribution is -2.45. The summed E-state index contributed by atoms with van der Waals surface area (Å²) < 4.78 is 0. The first-order valence-corrected chi connectivity index (χ1v) is 9.74. The first-order valence-electron chi connectivity index (χ1n) is 8.92. The Bertz CT molecular complexity index is 881. The Morgan fingerprint density at radius 2 is 1.65 bits per heavy atom. The zero-order chi connectivity index (χ0) is 17.3. The van der Waals surface area contributed by atoms with Crippen LogP contribution in [0, 0.1) is 0 Å². The molecule has 0 radical (unpaired) electrons. The van der Waals surface area contributed by atoms with Crippen molar-refractivity contribution in [2.24, 2.45) is 0 Å². The van der Waals surface area contributed by atoms with Gasteiger partial charge in [0.05, 0.1) is 24.1 Å². The summed E-state index contributed by atoms with van der Waals surface area (Å²) >= 11 is 1.70. The lowest BCUT2D eigenvalue weighted by Gasteiger charge is -2.33. The van der Waals surface area contributed by atoms with Crippen molar-refractivity contribution in [3.05, 3.63) is 53.4 Å². The number of thiazole rings is 1. The van der Waals surface area contributed by atoms with Gasteiger partial charge in [-0.1, -0.05) is 23.5 Å². The van der Waals surface area contributed by atoms with Gasteiger partial charge in [-0.3, -0.25) is 9.80 Å². The van der Waals surface area contributed by atoms with Crippen LogP contribution < -0.4 is 0 Å². The summed E-state index contributed by atoms with van der Waals surface area (Å²) in [7, 11) is 0. The first kappa shape index (κ1) is 15.9. The van der Waals surface area contributed by atoms with Gasteiger partial charge in [0.2, 0.25) is 0 Å². The maximum atomic E-state index is 4.70. The normalized spacial score (nSPS) is 16.6. The quantitative estimate of drug-likeness (QED) is 0.603. The van der Waals surface area contributed by atoms with Gasteiger partial charge < -0.3 is 4.98 Å². The van der Waals surface area contributed by atoms with E-state index in [-0.39, 0.29) is 0 Å². The van der Waals surface area contributed by atoms with Crippen LogP contribution in [0.25, 0.3) is 21.4 Å². The first-order chi connectivity index (χ1) is 12.8. The molecule has 6 nitrogen and oxygen atoms in total. The van der Waals surface area contributed by atoms with Crippen molar-refractivity contribution in [1.82, 2.24) is 29.7 Å². The second-order valence-electron chi connectivity index (χ2n) is 6.69. The van der Waals surface area contributed by atoms with Gasteiger partial charge in [0, 0.05) is 32.4 Å². The summed E-state index contributed by atoms with van der Waals surface area (Å²) in [4.78, 5) is 23.2. The van der Waals surface area contributed by atoms with Crippen molar-refractivity contribution in [3.8, 4) is 0 Å². The van der Waals surface area contributed by atoms with Gasteiger partial charge >= 0.3 is 0 Å². The Hall–Kier alpha value is -2.35. The number of H-pyrrole nitrogens is 1. The molecule has 1 aliphatic rings. The highest BCUT2D eigenvalue weighted by Gasteiger charge is 2.19. The zero-order valence-corrected chi connectivity index (χ0v) is 15.2.